The zero-order chi connectivity index (χ0) is 15.4. The molecule has 1 aliphatic rings. The van der Waals surface area contributed by atoms with E-state index in [1.807, 2.05) is 6.92 Å². The van der Waals surface area contributed by atoms with Gasteiger partial charge in [-0.15, -0.1) is 0 Å². The van der Waals surface area contributed by atoms with E-state index in [9.17, 15) is 5.11 Å². The number of unbranched alkanes of at least 4 members (excludes halogenated alkanes) is 10. The van der Waals surface area contributed by atoms with Crippen LogP contribution in [0, 0.1) is 0 Å². The summed E-state index contributed by atoms with van der Waals surface area (Å²) in [5.41, 5.74) is -0.382. The van der Waals surface area contributed by atoms with Crippen molar-refractivity contribution < 1.29 is 9.84 Å². The number of aliphatic imine (C=N–C) groups is 1. The van der Waals surface area contributed by atoms with Gasteiger partial charge in [0.05, 0.1) is 6.61 Å². The molecule has 3 heteroatoms. The van der Waals surface area contributed by atoms with Crippen LogP contribution >= 0.6 is 0 Å². The molecule has 1 aliphatic heterocycles. The van der Waals surface area contributed by atoms with Crippen molar-refractivity contribution in [2.75, 3.05) is 13.2 Å². The lowest BCUT2D eigenvalue weighted by Crippen LogP contribution is -2.28. The Labute approximate surface area is 131 Å². The lowest BCUT2D eigenvalue weighted by atomic mass is 10.1. The van der Waals surface area contributed by atoms with E-state index in [4.69, 9.17) is 4.74 Å². The van der Waals surface area contributed by atoms with Crippen molar-refractivity contribution in [1.29, 1.82) is 0 Å². The van der Waals surface area contributed by atoms with Crippen molar-refractivity contribution in [3.63, 3.8) is 0 Å². The van der Waals surface area contributed by atoms with Gasteiger partial charge in [-0.05, 0) is 13.3 Å². The van der Waals surface area contributed by atoms with Crippen LogP contribution in [0.1, 0.15) is 90.9 Å². The molecule has 21 heavy (non-hydrogen) atoms. The first-order valence-corrected chi connectivity index (χ1v) is 9.02. The van der Waals surface area contributed by atoms with Gasteiger partial charge in [0.25, 0.3) is 0 Å². The molecular weight excluding hydrogens is 262 g/mol. The summed E-state index contributed by atoms with van der Waals surface area (Å²) in [6, 6.07) is 0. The lowest BCUT2D eigenvalue weighted by Gasteiger charge is -2.12. The number of nitrogens with zero attached hydrogens (tertiary/aromatic N) is 1. The largest absolute Gasteiger partial charge is 0.478 e. The molecule has 1 atom stereocenters. The van der Waals surface area contributed by atoms with E-state index in [1.165, 1.54) is 64.2 Å². The molecule has 1 N–H and O–H groups in total. The Balaban J connectivity index is 1.86. The van der Waals surface area contributed by atoms with Crippen molar-refractivity contribution >= 4 is 5.90 Å². The van der Waals surface area contributed by atoms with Crippen molar-refractivity contribution in [3.05, 3.63) is 0 Å². The number of aliphatic hydroxyl groups excluding tert-OH is 1. The highest BCUT2D eigenvalue weighted by Crippen LogP contribution is 2.20. The predicted molar refractivity (Wildman–Crippen MR) is 90.0 cm³/mol. The van der Waals surface area contributed by atoms with E-state index in [2.05, 4.69) is 11.9 Å². The number of ether oxygens (including phenoxy) is 1. The molecule has 0 aromatic rings. The molecule has 0 radical (unpaired) electrons. The zero-order valence-corrected chi connectivity index (χ0v) is 14.2. The van der Waals surface area contributed by atoms with Crippen LogP contribution in [0.25, 0.3) is 0 Å². The molecule has 0 saturated carbocycles. The topological polar surface area (TPSA) is 41.8 Å². The first-order chi connectivity index (χ1) is 10.2. The highest BCUT2D eigenvalue weighted by molar-refractivity contribution is 5.78. The molecule has 0 aromatic carbocycles. The van der Waals surface area contributed by atoms with Crippen molar-refractivity contribution in [3.8, 4) is 0 Å². The highest BCUT2D eigenvalue weighted by Gasteiger charge is 2.30. The lowest BCUT2D eigenvalue weighted by molar-refractivity contribution is 0.169. The molecule has 1 rings (SSSR count). The molecule has 0 spiro atoms. The van der Waals surface area contributed by atoms with Crippen molar-refractivity contribution in [1.82, 2.24) is 0 Å². The fourth-order valence-corrected chi connectivity index (χ4v) is 2.75. The smallest absolute Gasteiger partial charge is 0.184 e. The molecule has 1 unspecified atom stereocenters. The first kappa shape index (κ1) is 18.5. The summed E-state index contributed by atoms with van der Waals surface area (Å²) in [4.78, 5) is 4.47. The standard InChI is InChI=1S/C18H35NO2/c1-3-4-5-6-7-8-9-10-11-12-13-14-17-19-18(2,15-20)16-21-17/h20H,3-16H2,1-2H3. The number of hydrogen-bond donors (Lipinski definition) is 1. The summed E-state index contributed by atoms with van der Waals surface area (Å²) < 4.78 is 5.54. The Morgan fingerprint density at radius 3 is 1.95 bits per heavy atom. The normalized spacial score (nSPS) is 21.4. The van der Waals surface area contributed by atoms with Crippen LogP contribution in [-0.4, -0.2) is 29.8 Å². The summed E-state index contributed by atoms with van der Waals surface area (Å²) in [6.45, 7) is 4.83. The fraction of sp³-hybridized carbons (Fsp3) is 0.944. The summed E-state index contributed by atoms with van der Waals surface area (Å²) in [5.74, 6) is 0.850. The molecule has 0 saturated heterocycles. The predicted octanol–water partition coefficient (Wildman–Crippen LogP) is 4.87. The van der Waals surface area contributed by atoms with Crippen molar-refractivity contribution in [2.24, 2.45) is 4.99 Å². The molecule has 0 bridgehead atoms. The van der Waals surface area contributed by atoms with Gasteiger partial charge in [-0.25, -0.2) is 4.99 Å². The molecule has 0 amide bonds. The Morgan fingerprint density at radius 2 is 1.48 bits per heavy atom. The zero-order valence-electron chi connectivity index (χ0n) is 14.2. The second-order valence-corrected chi connectivity index (χ2v) is 6.73. The van der Waals surface area contributed by atoms with Crippen LogP contribution in [0.2, 0.25) is 0 Å². The fourth-order valence-electron chi connectivity index (χ4n) is 2.75. The number of rotatable bonds is 13. The minimum Gasteiger partial charge on any atom is -0.478 e. The molecule has 0 aromatic heterocycles. The Bertz CT molecular complexity index is 291. The van der Waals surface area contributed by atoms with Gasteiger partial charge in [0.1, 0.15) is 12.1 Å². The van der Waals surface area contributed by atoms with Gasteiger partial charge >= 0.3 is 0 Å². The Hall–Kier alpha value is -0.570. The highest BCUT2D eigenvalue weighted by atomic mass is 16.5. The second kappa shape index (κ2) is 11.1. The molecular formula is C18H35NO2. The molecule has 0 fully saturated rings. The van der Waals surface area contributed by atoms with E-state index in [0.29, 0.717) is 6.61 Å². The van der Waals surface area contributed by atoms with Crippen LogP contribution < -0.4 is 0 Å². The SMILES string of the molecule is CCCCCCCCCCCCCC1=NC(C)(CO)CO1. The van der Waals surface area contributed by atoms with Crippen LogP contribution in [0.3, 0.4) is 0 Å². The summed E-state index contributed by atoms with van der Waals surface area (Å²) in [5, 5.41) is 9.22. The Morgan fingerprint density at radius 1 is 0.952 bits per heavy atom. The van der Waals surface area contributed by atoms with Gasteiger partial charge in [-0.3, -0.25) is 0 Å². The minimum absolute atomic E-state index is 0.0781. The van der Waals surface area contributed by atoms with Gasteiger partial charge in [-0.1, -0.05) is 71.1 Å². The third kappa shape index (κ3) is 8.45. The maximum atomic E-state index is 9.22. The van der Waals surface area contributed by atoms with E-state index in [0.717, 1.165) is 18.7 Å². The second-order valence-electron chi connectivity index (χ2n) is 6.73. The first-order valence-electron chi connectivity index (χ1n) is 9.02. The molecule has 1 heterocycles. The van der Waals surface area contributed by atoms with Crippen LogP contribution in [-0.2, 0) is 4.74 Å². The number of aliphatic hydroxyl groups is 1. The molecule has 3 nitrogen and oxygen atoms in total. The number of hydrogen-bond acceptors (Lipinski definition) is 3. The average molecular weight is 297 g/mol. The maximum absolute atomic E-state index is 9.22. The average Bonchev–Trinajstić information content (AvgIpc) is 2.87. The van der Waals surface area contributed by atoms with Gasteiger partial charge < -0.3 is 9.84 Å². The van der Waals surface area contributed by atoms with Crippen LogP contribution in [0.15, 0.2) is 4.99 Å². The van der Waals surface area contributed by atoms with E-state index < -0.39 is 0 Å². The molecule has 0 aliphatic carbocycles. The minimum atomic E-state index is -0.382. The monoisotopic (exact) mass is 297 g/mol. The van der Waals surface area contributed by atoms with Gasteiger partial charge in [0, 0.05) is 6.42 Å². The van der Waals surface area contributed by atoms with E-state index in [1.54, 1.807) is 0 Å². The van der Waals surface area contributed by atoms with E-state index in [-0.39, 0.29) is 12.1 Å². The summed E-state index contributed by atoms with van der Waals surface area (Å²) in [6.07, 6.45) is 15.9. The van der Waals surface area contributed by atoms with Crippen LogP contribution in [0.5, 0.6) is 0 Å². The van der Waals surface area contributed by atoms with Gasteiger partial charge in [0.15, 0.2) is 5.90 Å². The van der Waals surface area contributed by atoms with Gasteiger partial charge in [0.2, 0.25) is 0 Å². The van der Waals surface area contributed by atoms with Crippen molar-refractivity contribution in [2.45, 2.75) is 96.4 Å². The summed E-state index contributed by atoms with van der Waals surface area (Å²) >= 11 is 0. The third-order valence-corrected chi connectivity index (χ3v) is 4.28. The van der Waals surface area contributed by atoms with Crippen LogP contribution in [0.4, 0.5) is 0 Å². The third-order valence-electron chi connectivity index (χ3n) is 4.28. The van der Waals surface area contributed by atoms with E-state index >= 15 is 0 Å². The van der Waals surface area contributed by atoms with Gasteiger partial charge in [-0.2, -0.15) is 0 Å². The summed E-state index contributed by atoms with van der Waals surface area (Å²) in [7, 11) is 0. The Kier molecular flexibility index (Phi) is 9.73. The quantitative estimate of drug-likeness (QED) is 0.493. The maximum Gasteiger partial charge on any atom is 0.184 e. The molecule has 124 valence electrons.